The smallest absolute Gasteiger partial charge is 0.408 e. The number of likely N-dealkylation sites (N-methyl/N-ethyl adjacent to an activating group) is 2. The van der Waals surface area contributed by atoms with Gasteiger partial charge in [-0.1, -0.05) is 0 Å². The van der Waals surface area contributed by atoms with Crippen LogP contribution in [0, 0.1) is 27.7 Å². The average Bonchev–Trinajstić information content (AvgIpc) is 3.26. The minimum absolute atomic E-state index is 0.125. The van der Waals surface area contributed by atoms with Gasteiger partial charge in [-0.25, -0.2) is 18.9 Å². The van der Waals surface area contributed by atoms with Crippen LogP contribution in [0.3, 0.4) is 0 Å². The number of aryl methyl sites for hydroxylation is 3. The van der Waals surface area contributed by atoms with Crippen LogP contribution in [0.2, 0.25) is 0 Å². The van der Waals surface area contributed by atoms with Crippen LogP contribution < -0.4 is 16.4 Å². The quantitative estimate of drug-likeness (QED) is 0.165. The van der Waals surface area contributed by atoms with Crippen LogP contribution in [-0.2, 0) is 24.9 Å². The molecule has 238 valence electrons. The summed E-state index contributed by atoms with van der Waals surface area (Å²) in [7, 11) is 3.51. The number of fused-ring (bicyclic) bond motifs is 1. The van der Waals surface area contributed by atoms with Crippen molar-refractivity contribution in [3.63, 3.8) is 0 Å². The summed E-state index contributed by atoms with van der Waals surface area (Å²) in [6.07, 6.45) is 1.73. The van der Waals surface area contributed by atoms with E-state index in [2.05, 4.69) is 53.5 Å². The highest BCUT2D eigenvalue weighted by Crippen LogP contribution is 2.49. The van der Waals surface area contributed by atoms with Crippen molar-refractivity contribution in [2.45, 2.75) is 34.4 Å². The number of nitrogens with zero attached hydrogens (tertiary/aromatic N) is 5. The zero-order valence-corrected chi connectivity index (χ0v) is 27.5. The minimum Gasteiger partial charge on any atom is -0.408 e. The summed E-state index contributed by atoms with van der Waals surface area (Å²) in [6.45, 7) is 9.02. The van der Waals surface area contributed by atoms with E-state index in [-0.39, 0.29) is 13.2 Å². The Kier molecular flexibility index (Phi) is 11.0. The molecule has 0 spiro atoms. The summed E-state index contributed by atoms with van der Waals surface area (Å²) in [6, 6.07) is 9.30. The lowest BCUT2D eigenvalue weighted by atomic mass is 10.0. The summed E-state index contributed by atoms with van der Waals surface area (Å²) in [5.74, 6) is 0.359. The molecule has 2 aromatic heterocycles. The number of rotatable bonds is 15. The average molecular weight is 628 g/mol. The van der Waals surface area contributed by atoms with Crippen LogP contribution in [0.5, 0.6) is 0 Å². The third kappa shape index (κ3) is 8.75. The molecule has 0 saturated heterocycles. The molecule has 4 rings (SSSR count). The molecule has 2 heterocycles. The molecule has 44 heavy (non-hydrogen) atoms. The van der Waals surface area contributed by atoms with E-state index in [1.165, 1.54) is 21.3 Å². The van der Waals surface area contributed by atoms with Crippen molar-refractivity contribution in [2.24, 2.45) is 0 Å². The molecule has 2 N–H and O–H groups in total. The van der Waals surface area contributed by atoms with E-state index in [9.17, 15) is 9.36 Å². The zero-order valence-electron chi connectivity index (χ0n) is 26.6. The fourth-order valence-corrected chi connectivity index (χ4v) is 5.27. The number of hydrogen-bond acceptors (Lipinski definition) is 12. The highest BCUT2D eigenvalue weighted by atomic mass is 31.2. The van der Waals surface area contributed by atoms with E-state index >= 15 is 0 Å². The van der Waals surface area contributed by atoms with Crippen LogP contribution in [-0.4, -0.2) is 78.8 Å². The van der Waals surface area contributed by atoms with E-state index in [1.54, 1.807) is 24.4 Å². The van der Waals surface area contributed by atoms with Crippen LogP contribution in [0.25, 0.3) is 11.1 Å². The van der Waals surface area contributed by atoms with Crippen LogP contribution in [0.15, 0.2) is 45.7 Å². The number of phosphoric ester groups is 1. The first-order chi connectivity index (χ1) is 20.8. The van der Waals surface area contributed by atoms with E-state index in [4.69, 9.17) is 18.0 Å². The Hall–Kier alpha value is -3.58. The van der Waals surface area contributed by atoms with Crippen LogP contribution in [0.4, 0.5) is 23.1 Å². The van der Waals surface area contributed by atoms with E-state index < -0.39 is 20.3 Å². The van der Waals surface area contributed by atoms with Gasteiger partial charge >= 0.3 is 13.6 Å². The molecule has 0 unspecified atom stereocenters. The Morgan fingerprint density at radius 1 is 0.864 bits per heavy atom. The first kappa shape index (κ1) is 33.3. The van der Waals surface area contributed by atoms with Gasteiger partial charge in [0.1, 0.15) is 12.5 Å². The van der Waals surface area contributed by atoms with Gasteiger partial charge in [-0.05, 0) is 103 Å². The van der Waals surface area contributed by atoms with Crippen LogP contribution >= 0.6 is 7.82 Å². The van der Waals surface area contributed by atoms with Crippen molar-refractivity contribution < 1.29 is 22.6 Å². The monoisotopic (exact) mass is 627 g/mol. The van der Waals surface area contributed by atoms with Gasteiger partial charge in [-0.15, -0.1) is 0 Å². The zero-order chi connectivity index (χ0) is 32.0. The number of phosphoric acid groups is 1. The molecule has 4 aromatic rings. The van der Waals surface area contributed by atoms with Crippen LogP contribution in [0.1, 0.15) is 22.3 Å². The van der Waals surface area contributed by atoms with Gasteiger partial charge in [0.15, 0.2) is 5.58 Å². The normalized spacial score (nSPS) is 12.0. The third-order valence-corrected chi connectivity index (χ3v) is 8.44. The Balaban J connectivity index is 1.53. The number of aromatic nitrogens is 3. The SMILES string of the molecule is Cc1cnc(Nc2cc(C)c(C)c(C)c2)nc1Nc1ccc2oc(=O)n(COP(=O)(OCCN(C)C)OCCN(C)C)c2c1. The fourth-order valence-electron chi connectivity index (χ4n) is 4.18. The maximum atomic E-state index is 13.4. The number of anilines is 4. The number of nitrogens with one attached hydrogen (secondary N) is 2. The summed E-state index contributed by atoms with van der Waals surface area (Å²) >= 11 is 0. The summed E-state index contributed by atoms with van der Waals surface area (Å²) in [5.41, 5.74) is 6.75. The van der Waals surface area contributed by atoms with Crippen molar-refractivity contribution in [1.29, 1.82) is 0 Å². The summed E-state index contributed by atoms with van der Waals surface area (Å²) in [5, 5.41) is 6.59. The molecule has 0 radical (unpaired) electrons. The standard InChI is InChI=1S/C30H42N7O6P/c1-20-15-25(16-21(2)23(20)4)33-29-31-18-22(3)28(34-29)32-24-9-10-27-26(17-24)37(30(38)43-27)19-42-44(39,40-13-11-35(5)6)41-14-12-36(7)8/h9-10,15-18H,11-14,19H2,1-8H3,(H2,31,32,33,34). The van der Waals surface area contributed by atoms with Gasteiger partial charge in [0.2, 0.25) is 5.95 Å². The predicted molar refractivity (Wildman–Crippen MR) is 172 cm³/mol. The highest BCUT2D eigenvalue weighted by molar-refractivity contribution is 7.48. The number of benzene rings is 2. The van der Waals surface area contributed by atoms with E-state index in [0.717, 1.165) is 11.3 Å². The van der Waals surface area contributed by atoms with Crippen molar-refractivity contribution in [3.05, 3.63) is 69.3 Å². The largest absolute Gasteiger partial charge is 0.476 e. The Labute approximate surface area is 257 Å². The summed E-state index contributed by atoms with van der Waals surface area (Å²) < 4.78 is 36.7. The highest BCUT2D eigenvalue weighted by Gasteiger charge is 2.28. The molecule has 14 heteroatoms. The van der Waals surface area contributed by atoms with E-state index in [1.807, 2.05) is 44.9 Å². The second kappa shape index (κ2) is 14.5. The number of oxazole rings is 1. The predicted octanol–water partition coefficient (Wildman–Crippen LogP) is 5.34. The third-order valence-electron chi connectivity index (χ3n) is 7.01. The van der Waals surface area contributed by atoms with E-state index in [0.29, 0.717) is 41.6 Å². The molecular weight excluding hydrogens is 585 g/mol. The molecule has 0 aliphatic heterocycles. The van der Waals surface area contributed by atoms with Crippen molar-refractivity contribution in [3.8, 4) is 0 Å². The van der Waals surface area contributed by atoms with Gasteiger partial charge in [0, 0.05) is 36.2 Å². The molecule has 2 aromatic carbocycles. The minimum atomic E-state index is -3.98. The molecule has 0 aliphatic rings. The number of hydrogen-bond donors (Lipinski definition) is 2. The molecule has 0 atom stereocenters. The molecule has 0 fully saturated rings. The molecular formula is C30H42N7O6P. The van der Waals surface area contributed by atoms with Gasteiger partial charge < -0.3 is 24.9 Å². The first-order valence-corrected chi connectivity index (χ1v) is 15.7. The first-order valence-electron chi connectivity index (χ1n) is 14.3. The van der Waals surface area contributed by atoms with Crippen molar-refractivity contribution in [2.75, 3.05) is 65.1 Å². The van der Waals surface area contributed by atoms with Gasteiger partial charge in [0.25, 0.3) is 0 Å². The molecule has 0 bridgehead atoms. The maximum absolute atomic E-state index is 13.4. The van der Waals surface area contributed by atoms with Gasteiger partial charge in [-0.3, -0.25) is 13.6 Å². The molecule has 0 saturated carbocycles. The Morgan fingerprint density at radius 3 is 2.11 bits per heavy atom. The Bertz CT molecular complexity index is 1660. The van der Waals surface area contributed by atoms with Crippen molar-refractivity contribution in [1.82, 2.24) is 24.3 Å². The second-order valence-electron chi connectivity index (χ2n) is 11.2. The molecule has 0 amide bonds. The summed E-state index contributed by atoms with van der Waals surface area (Å²) in [4.78, 5) is 25.6. The fraction of sp³-hybridized carbons (Fsp3) is 0.433. The Morgan fingerprint density at radius 2 is 1.50 bits per heavy atom. The lowest BCUT2D eigenvalue weighted by Gasteiger charge is -2.20. The lowest BCUT2D eigenvalue weighted by molar-refractivity contribution is 0.0807. The second-order valence-corrected chi connectivity index (χ2v) is 12.8. The van der Waals surface area contributed by atoms with Gasteiger partial charge in [-0.2, -0.15) is 4.98 Å². The van der Waals surface area contributed by atoms with Gasteiger partial charge in [0.05, 0.1) is 18.7 Å². The van der Waals surface area contributed by atoms with Crippen molar-refractivity contribution >= 4 is 42.1 Å². The molecule has 0 aliphatic carbocycles. The molecule has 13 nitrogen and oxygen atoms in total. The maximum Gasteiger partial charge on any atom is 0.476 e. The topological polar surface area (TPSA) is 136 Å². The lowest BCUT2D eigenvalue weighted by Crippen LogP contribution is -2.21.